The summed E-state index contributed by atoms with van der Waals surface area (Å²) >= 11 is 0. The highest BCUT2D eigenvalue weighted by molar-refractivity contribution is 5.93. The zero-order valence-corrected chi connectivity index (χ0v) is 10.1. The molecule has 2 rings (SSSR count). The second kappa shape index (κ2) is 5.03. The second-order valence-corrected chi connectivity index (χ2v) is 4.10. The van der Waals surface area contributed by atoms with Gasteiger partial charge in [-0.25, -0.2) is 9.78 Å². The van der Waals surface area contributed by atoms with Crippen molar-refractivity contribution < 1.29 is 9.53 Å². The molecule has 1 aliphatic rings. The van der Waals surface area contributed by atoms with Crippen LogP contribution in [0.2, 0.25) is 0 Å². The van der Waals surface area contributed by atoms with Gasteiger partial charge in [0.05, 0.1) is 13.3 Å². The third kappa shape index (κ3) is 2.49. The summed E-state index contributed by atoms with van der Waals surface area (Å²) in [6.07, 6.45) is 3.68. The summed E-state index contributed by atoms with van der Waals surface area (Å²) in [5.41, 5.74) is 0. The van der Waals surface area contributed by atoms with E-state index in [1.165, 1.54) is 0 Å². The Morgan fingerprint density at radius 3 is 3.00 bits per heavy atom. The molecule has 1 fully saturated rings. The first-order valence-corrected chi connectivity index (χ1v) is 5.82. The standard InChI is InChI=1S/C12H17N3O2/c1-3-4-9-8-15(12(16)14-9)11-6-5-10(17-2)7-13-11/h5-7,9H,3-4,8H2,1-2H3,(H,14,16)/t9-/m0/s1. The van der Waals surface area contributed by atoms with Gasteiger partial charge in [-0.15, -0.1) is 0 Å². The number of aromatic nitrogens is 1. The molecule has 1 atom stereocenters. The number of nitrogens with zero attached hydrogens (tertiary/aromatic N) is 2. The molecule has 1 saturated heterocycles. The third-order valence-electron chi connectivity index (χ3n) is 2.85. The minimum absolute atomic E-state index is 0.0684. The van der Waals surface area contributed by atoms with E-state index in [0.29, 0.717) is 18.1 Å². The molecule has 0 spiro atoms. The maximum absolute atomic E-state index is 11.8. The molecule has 1 aliphatic heterocycles. The average Bonchev–Trinajstić information content (AvgIpc) is 2.71. The number of nitrogens with one attached hydrogen (secondary N) is 1. The zero-order valence-electron chi connectivity index (χ0n) is 10.1. The predicted octanol–water partition coefficient (Wildman–Crippen LogP) is 1.79. The lowest BCUT2D eigenvalue weighted by atomic mass is 10.2. The third-order valence-corrected chi connectivity index (χ3v) is 2.85. The van der Waals surface area contributed by atoms with E-state index in [1.54, 1.807) is 24.3 Å². The van der Waals surface area contributed by atoms with E-state index in [1.807, 2.05) is 6.07 Å². The fourth-order valence-electron chi connectivity index (χ4n) is 1.96. The van der Waals surface area contributed by atoms with Gasteiger partial charge in [0.25, 0.3) is 0 Å². The van der Waals surface area contributed by atoms with Gasteiger partial charge in [-0.05, 0) is 18.6 Å². The second-order valence-electron chi connectivity index (χ2n) is 4.10. The molecule has 0 aromatic carbocycles. The Kier molecular flexibility index (Phi) is 3.46. The summed E-state index contributed by atoms with van der Waals surface area (Å²) in [6.45, 7) is 2.80. The van der Waals surface area contributed by atoms with Crippen molar-refractivity contribution in [2.24, 2.45) is 0 Å². The molecule has 0 aliphatic carbocycles. The Bertz CT molecular complexity index is 391. The Labute approximate surface area is 101 Å². The molecule has 2 amide bonds. The number of urea groups is 1. The Balaban J connectivity index is 2.08. The summed E-state index contributed by atoms with van der Waals surface area (Å²) in [5.74, 6) is 1.36. The van der Waals surface area contributed by atoms with Gasteiger partial charge in [0.2, 0.25) is 0 Å². The van der Waals surface area contributed by atoms with Crippen LogP contribution in [0.1, 0.15) is 19.8 Å². The molecule has 1 N–H and O–H groups in total. The van der Waals surface area contributed by atoms with E-state index in [4.69, 9.17) is 4.74 Å². The van der Waals surface area contributed by atoms with Crippen molar-refractivity contribution in [1.29, 1.82) is 0 Å². The summed E-state index contributed by atoms with van der Waals surface area (Å²) in [7, 11) is 1.59. The largest absolute Gasteiger partial charge is 0.495 e. The van der Waals surface area contributed by atoms with Gasteiger partial charge in [0, 0.05) is 12.6 Å². The number of rotatable bonds is 4. The van der Waals surface area contributed by atoms with Crippen molar-refractivity contribution in [2.45, 2.75) is 25.8 Å². The fourth-order valence-corrected chi connectivity index (χ4v) is 1.96. The van der Waals surface area contributed by atoms with Crippen LogP contribution in [-0.4, -0.2) is 30.7 Å². The Morgan fingerprint density at radius 1 is 1.59 bits per heavy atom. The van der Waals surface area contributed by atoms with Crippen molar-refractivity contribution in [1.82, 2.24) is 10.3 Å². The van der Waals surface area contributed by atoms with Crippen molar-refractivity contribution in [3.63, 3.8) is 0 Å². The van der Waals surface area contributed by atoms with Gasteiger partial charge < -0.3 is 10.1 Å². The molecule has 0 saturated carbocycles. The summed E-state index contributed by atoms with van der Waals surface area (Å²) < 4.78 is 5.04. The van der Waals surface area contributed by atoms with Gasteiger partial charge >= 0.3 is 6.03 Å². The summed E-state index contributed by atoms with van der Waals surface area (Å²) in [6, 6.07) is 3.77. The van der Waals surface area contributed by atoms with Crippen molar-refractivity contribution in [3.8, 4) is 5.75 Å². The number of hydrogen-bond acceptors (Lipinski definition) is 3. The van der Waals surface area contributed by atoms with Crippen LogP contribution in [-0.2, 0) is 0 Å². The van der Waals surface area contributed by atoms with Crippen LogP contribution in [0.25, 0.3) is 0 Å². The first-order chi connectivity index (χ1) is 8.24. The molecule has 5 heteroatoms. The number of carbonyl (C=O) groups excluding carboxylic acids is 1. The van der Waals surface area contributed by atoms with Gasteiger partial charge in [0.15, 0.2) is 0 Å². The van der Waals surface area contributed by atoms with Crippen LogP contribution in [0.4, 0.5) is 10.6 Å². The number of anilines is 1. The number of carbonyl (C=O) groups is 1. The van der Waals surface area contributed by atoms with Crippen molar-refractivity contribution in [2.75, 3.05) is 18.6 Å². The van der Waals surface area contributed by atoms with E-state index in [-0.39, 0.29) is 12.1 Å². The van der Waals surface area contributed by atoms with Gasteiger partial charge in [-0.1, -0.05) is 13.3 Å². The predicted molar refractivity (Wildman–Crippen MR) is 65.4 cm³/mol. The van der Waals surface area contributed by atoms with Crippen LogP contribution in [0, 0.1) is 0 Å². The van der Waals surface area contributed by atoms with Crippen LogP contribution < -0.4 is 15.0 Å². The van der Waals surface area contributed by atoms with Crippen molar-refractivity contribution in [3.05, 3.63) is 18.3 Å². The maximum atomic E-state index is 11.8. The first kappa shape index (κ1) is 11.7. The summed E-state index contributed by atoms with van der Waals surface area (Å²) in [5, 5.41) is 2.95. The molecule has 1 aromatic heterocycles. The first-order valence-electron chi connectivity index (χ1n) is 5.82. The highest BCUT2D eigenvalue weighted by Crippen LogP contribution is 2.19. The maximum Gasteiger partial charge on any atom is 0.323 e. The summed E-state index contributed by atoms with van der Waals surface area (Å²) in [4.78, 5) is 17.6. The van der Waals surface area contributed by atoms with Crippen molar-refractivity contribution >= 4 is 11.8 Å². The molecule has 92 valence electrons. The van der Waals surface area contributed by atoms with Crippen LogP contribution >= 0.6 is 0 Å². The number of hydrogen-bond donors (Lipinski definition) is 1. The number of ether oxygens (including phenoxy) is 1. The normalized spacial score (nSPS) is 19.3. The van der Waals surface area contributed by atoms with Crippen LogP contribution in [0.5, 0.6) is 5.75 Å². The monoisotopic (exact) mass is 235 g/mol. The number of amides is 2. The van der Waals surface area contributed by atoms with Crippen LogP contribution in [0.3, 0.4) is 0 Å². The highest BCUT2D eigenvalue weighted by atomic mass is 16.5. The fraction of sp³-hybridized carbons (Fsp3) is 0.500. The quantitative estimate of drug-likeness (QED) is 0.865. The minimum atomic E-state index is -0.0684. The molecule has 1 aromatic rings. The van der Waals surface area contributed by atoms with Crippen LogP contribution in [0.15, 0.2) is 18.3 Å². The lowest BCUT2D eigenvalue weighted by molar-refractivity contribution is 0.250. The number of methoxy groups -OCH3 is 1. The smallest absolute Gasteiger partial charge is 0.323 e. The lowest BCUT2D eigenvalue weighted by Gasteiger charge is -2.13. The molecule has 17 heavy (non-hydrogen) atoms. The molecule has 5 nitrogen and oxygen atoms in total. The minimum Gasteiger partial charge on any atom is -0.495 e. The number of pyridine rings is 1. The molecule has 0 radical (unpaired) electrons. The van der Waals surface area contributed by atoms with E-state index >= 15 is 0 Å². The Hall–Kier alpha value is -1.78. The molecule has 2 heterocycles. The molecule has 0 bridgehead atoms. The highest BCUT2D eigenvalue weighted by Gasteiger charge is 2.29. The SMILES string of the molecule is CCC[C@H]1CN(c2ccc(OC)cn2)C(=O)N1. The van der Waals surface area contributed by atoms with E-state index < -0.39 is 0 Å². The zero-order chi connectivity index (χ0) is 12.3. The lowest BCUT2D eigenvalue weighted by Crippen LogP contribution is -2.28. The van der Waals surface area contributed by atoms with Gasteiger partial charge in [-0.3, -0.25) is 4.90 Å². The van der Waals surface area contributed by atoms with Gasteiger partial charge in [0.1, 0.15) is 11.6 Å². The van der Waals surface area contributed by atoms with Gasteiger partial charge in [-0.2, -0.15) is 0 Å². The Morgan fingerprint density at radius 2 is 2.41 bits per heavy atom. The van der Waals surface area contributed by atoms with E-state index in [9.17, 15) is 4.79 Å². The van der Waals surface area contributed by atoms with E-state index in [2.05, 4.69) is 17.2 Å². The molecular formula is C12H17N3O2. The molecular weight excluding hydrogens is 218 g/mol. The average molecular weight is 235 g/mol. The topological polar surface area (TPSA) is 54.5 Å². The molecule has 0 unspecified atom stereocenters. The van der Waals surface area contributed by atoms with E-state index in [0.717, 1.165) is 12.8 Å².